The van der Waals surface area contributed by atoms with Crippen molar-refractivity contribution >= 4 is 17.4 Å². The van der Waals surface area contributed by atoms with Crippen molar-refractivity contribution in [3.63, 3.8) is 0 Å². The molecular weight excluding hydrogens is 284 g/mol. The predicted octanol–water partition coefficient (Wildman–Crippen LogP) is 3.40. The Morgan fingerprint density at radius 3 is 2.90 bits per heavy atom. The van der Waals surface area contributed by atoms with Crippen LogP contribution >= 0.6 is 11.6 Å². The maximum atomic E-state index is 12.8. The normalized spacial score (nSPS) is 20.2. The minimum atomic E-state index is 0.103. The van der Waals surface area contributed by atoms with Crippen LogP contribution in [0.5, 0.6) is 0 Å². The maximum absolute atomic E-state index is 12.8. The van der Waals surface area contributed by atoms with Crippen LogP contribution in [0.1, 0.15) is 12.8 Å². The summed E-state index contributed by atoms with van der Waals surface area (Å²) in [6.07, 6.45) is 2.46. The molecule has 4 rings (SSSR count). The Morgan fingerprint density at radius 2 is 2.05 bits per heavy atom. The second kappa shape index (κ2) is 4.92. The fraction of sp³-hybridized carbons (Fsp3) is 0.353. The zero-order chi connectivity index (χ0) is 14.4. The molecule has 2 bridgehead atoms. The van der Waals surface area contributed by atoms with E-state index in [9.17, 15) is 4.79 Å². The molecule has 1 atom stereocenters. The molecule has 0 saturated carbocycles. The molecule has 1 unspecified atom stereocenters. The summed E-state index contributed by atoms with van der Waals surface area (Å²) in [6, 6.07) is 11.5. The predicted molar refractivity (Wildman–Crippen MR) is 86.1 cm³/mol. The standard InChI is InChI=1S/C17H17ClN2O/c18-14-5-1-4-13(9-14)15-6-7-16-19-8-2-3-12(10-19)11-20(16)17(15)21/h1,4-7,9,12H,2-3,8,10-11H2. The molecule has 2 aliphatic heterocycles. The van der Waals surface area contributed by atoms with Gasteiger partial charge in [-0.05, 0) is 48.6 Å². The van der Waals surface area contributed by atoms with Crippen molar-refractivity contribution in [3.8, 4) is 11.1 Å². The van der Waals surface area contributed by atoms with Crippen LogP contribution in [-0.4, -0.2) is 17.7 Å². The molecule has 2 aliphatic rings. The summed E-state index contributed by atoms with van der Waals surface area (Å²) in [6.45, 7) is 3.00. The summed E-state index contributed by atoms with van der Waals surface area (Å²) < 4.78 is 1.95. The number of hydrogen-bond donors (Lipinski definition) is 0. The minimum Gasteiger partial charge on any atom is -0.358 e. The van der Waals surface area contributed by atoms with Gasteiger partial charge in [0, 0.05) is 30.2 Å². The molecule has 4 heteroatoms. The smallest absolute Gasteiger partial charge is 0.259 e. The number of aromatic nitrogens is 1. The Bertz CT molecular complexity index is 753. The second-order valence-electron chi connectivity index (χ2n) is 5.99. The first-order valence-electron chi connectivity index (χ1n) is 7.47. The van der Waals surface area contributed by atoms with Gasteiger partial charge in [0.15, 0.2) is 0 Å². The number of halogens is 1. The first kappa shape index (κ1) is 13.0. The van der Waals surface area contributed by atoms with Gasteiger partial charge in [-0.25, -0.2) is 0 Å². The third-order valence-corrected chi connectivity index (χ3v) is 4.81. The van der Waals surface area contributed by atoms with Crippen LogP contribution in [0.2, 0.25) is 5.02 Å². The van der Waals surface area contributed by atoms with E-state index in [1.54, 1.807) is 0 Å². The molecule has 2 aromatic rings. The Labute approximate surface area is 128 Å². The number of piperidine rings is 1. The molecule has 1 aromatic heterocycles. The fourth-order valence-corrected chi connectivity index (χ4v) is 3.77. The van der Waals surface area contributed by atoms with E-state index in [1.165, 1.54) is 12.8 Å². The SMILES string of the molecule is O=c1c(-c2cccc(Cl)c2)ccc2n1CC1CCCN2C1. The topological polar surface area (TPSA) is 25.2 Å². The highest BCUT2D eigenvalue weighted by atomic mass is 35.5. The number of hydrogen-bond acceptors (Lipinski definition) is 2. The molecule has 108 valence electrons. The molecule has 0 radical (unpaired) electrons. The van der Waals surface area contributed by atoms with Gasteiger partial charge in [-0.2, -0.15) is 0 Å². The van der Waals surface area contributed by atoms with E-state index in [0.29, 0.717) is 10.9 Å². The molecule has 21 heavy (non-hydrogen) atoms. The van der Waals surface area contributed by atoms with Crippen molar-refractivity contribution in [2.45, 2.75) is 19.4 Å². The van der Waals surface area contributed by atoms with E-state index in [-0.39, 0.29) is 5.56 Å². The third kappa shape index (κ3) is 2.16. The summed E-state index contributed by atoms with van der Waals surface area (Å²) in [5.74, 6) is 1.68. The van der Waals surface area contributed by atoms with Gasteiger partial charge in [0.2, 0.25) is 0 Å². The van der Waals surface area contributed by atoms with Crippen LogP contribution in [0, 0.1) is 5.92 Å². The van der Waals surface area contributed by atoms with Gasteiger partial charge in [-0.15, -0.1) is 0 Å². The molecule has 3 heterocycles. The largest absolute Gasteiger partial charge is 0.358 e. The Kier molecular flexibility index (Phi) is 3.03. The highest BCUT2D eigenvalue weighted by molar-refractivity contribution is 6.30. The number of fused-ring (bicyclic) bond motifs is 4. The van der Waals surface area contributed by atoms with Crippen molar-refractivity contribution in [3.05, 3.63) is 51.8 Å². The maximum Gasteiger partial charge on any atom is 0.259 e. The summed E-state index contributed by atoms with van der Waals surface area (Å²) in [4.78, 5) is 15.2. The van der Waals surface area contributed by atoms with Crippen LogP contribution in [0.25, 0.3) is 11.1 Å². The lowest BCUT2D eigenvalue weighted by Gasteiger charge is -2.41. The van der Waals surface area contributed by atoms with Crippen molar-refractivity contribution in [2.75, 3.05) is 18.0 Å². The zero-order valence-corrected chi connectivity index (χ0v) is 12.5. The van der Waals surface area contributed by atoms with Gasteiger partial charge >= 0.3 is 0 Å². The lowest BCUT2D eigenvalue weighted by atomic mass is 9.95. The van der Waals surface area contributed by atoms with E-state index in [1.807, 2.05) is 34.9 Å². The molecular formula is C17H17ClN2O. The highest BCUT2D eigenvalue weighted by Gasteiger charge is 2.28. The van der Waals surface area contributed by atoms with Gasteiger partial charge in [-0.3, -0.25) is 9.36 Å². The van der Waals surface area contributed by atoms with Crippen molar-refractivity contribution in [2.24, 2.45) is 5.92 Å². The average molecular weight is 301 g/mol. The molecule has 0 amide bonds. The van der Waals surface area contributed by atoms with Crippen LogP contribution in [0.4, 0.5) is 5.82 Å². The van der Waals surface area contributed by atoms with Gasteiger partial charge in [-0.1, -0.05) is 23.7 Å². The fourth-order valence-electron chi connectivity index (χ4n) is 3.58. The lowest BCUT2D eigenvalue weighted by molar-refractivity contribution is 0.329. The van der Waals surface area contributed by atoms with E-state index in [0.717, 1.165) is 36.6 Å². The van der Waals surface area contributed by atoms with E-state index in [2.05, 4.69) is 11.0 Å². The van der Waals surface area contributed by atoms with Gasteiger partial charge in [0.1, 0.15) is 5.82 Å². The first-order chi connectivity index (χ1) is 10.2. The van der Waals surface area contributed by atoms with Gasteiger partial charge in [0.05, 0.1) is 0 Å². The van der Waals surface area contributed by atoms with Crippen LogP contribution in [0.15, 0.2) is 41.2 Å². The van der Waals surface area contributed by atoms with Crippen molar-refractivity contribution in [1.29, 1.82) is 0 Å². The van der Waals surface area contributed by atoms with Crippen molar-refractivity contribution < 1.29 is 0 Å². The number of anilines is 1. The average Bonchev–Trinajstić information content (AvgIpc) is 2.49. The van der Waals surface area contributed by atoms with Gasteiger partial charge < -0.3 is 4.90 Å². The number of benzene rings is 1. The number of pyridine rings is 1. The van der Waals surface area contributed by atoms with Crippen LogP contribution in [0.3, 0.4) is 0 Å². The van der Waals surface area contributed by atoms with Gasteiger partial charge in [0.25, 0.3) is 5.56 Å². The Morgan fingerprint density at radius 1 is 1.14 bits per heavy atom. The monoisotopic (exact) mass is 300 g/mol. The van der Waals surface area contributed by atoms with Crippen LogP contribution < -0.4 is 10.5 Å². The minimum absolute atomic E-state index is 0.103. The summed E-state index contributed by atoms with van der Waals surface area (Å²) in [7, 11) is 0. The van der Waals surface area contributed by atoms with E-state index >= 15 is 0 Å². The Hall–Kier alpha value is -1.74. The molecule has 0 aliphatic carbocycles. The van der Waals surface area contributed by atoms with Crippen LogP contribution in [-0.2, 0) is 6.54 Å². The zero-order valence-electron chi connectivity index (χ0n) is 11.8. The summed E-state index contributed by atoms with van der Waals surface area (Å²) in [5.41, 5.74) is 1.74. The molecule has 1 fully saturated rings. The highest BCUT2D eigenvalue weighted by Crippen LogP contribution is 2.30. The quantitative estimate of drug-likeness (QED) is 0.806. The third-order valence-electron chi connectivity index (χ3n) is 4.57. The molecule has 1 aromatic carbocycles. The second-order valence-corrected chi connectivity index (χ2v) is 6.42. The molecule has 3 nitrogen and oxygen atoms in total. The number of rotatable bonds is 1. The van der Waals surface area contributed by atoms with E-state index < -0.39 is 0 Å². The molecule has 0 spiro atoms. The Balaban J connectivity index is 1.86. The summed E-state index contributed by atoms with van der Waals surface area (Å²) >= 11 is 6.05. The molecule has 0 N–H and O–H groups in total. The number of nitrogens with zero attached hydrogens (tertiary/aromatic N) is 2. The summed E-state index contributed by atoms with van der Waals surface area (Å²) in [5, 5.41) is 0.662. The first-order valence-corrected chi connectivity index (χ1v) is 7.85. The lowest BCUT2D eigenvalue weighted by Crippen LogP contribution is -2.46. The molecule has 1 saturated heterocycles. The van der Waals surface area contributed by atoms with E-state index in [4.69, 9.17) is 11.6 Å². The van der Waals surface area contributed by atoms with Crippen molar-refractivity contribution in [1.82, 2.24) is 4.57 Å².